The van der Waals surface area contributed by atoms with Gasteiger partial charge in [0.05, 0.1) is 0 Å². The van der Waals surface area contributed by atoms with Crippen molar-refractivity contribution in [1.29, 1.82) is 0 Å². The molecule has 0 heteroatoms. The minimum atomic E-state index is 1.03. The van der Waals surface area contributed by atoms with Gasteiger partial charge in [-0.15, -0.1) is 0 Å². The van der Waals surface area contributed by atoms with Crippen molar-refractivity contribution in [3.8, 4) is 11.1 Å². The fraction of sp³-hybridized carbons (Fsp3) is 0.0400. The summed E-state index contributed by atoms with van der Waals surface area (Å²) in [5.41, 5.74) is 5.77. The Bertz CT molecular complexity index is 1310. The maximum atomic E-state index is 2.37. The van der Waals surface area contributed by atoms with Crippen molar-refractivity contribution in [3.05, 3.63) is 96.1 Å². The van der Waals surface area contributed by atoms with Gasteiger partial charge in [-0.25, -0.2) is 0 Å². The minimum absolute atomic E-state index is 1.03. The van der Waals surface area contributed by atoms with Crippen molar-refractivity contribution in [3.63, 3.8) is 0 Å². The Hall–Kier alpha value is -3.12. The first kappa shape index (κ1) is 13.2. The van der Waals surface area contributed by atoms with Crippen LogP contribution in [0.2, 0.25) is 0 Å². The van der Waals surface area contributed by atoms with E-state index >= 15 is 0 Å². The van der Waals surface area contributed by atoms with E-state index in [0.29, 0.717) is 0 Å². The second-order valence-corrected chi connectivity index (χ2v) is 7.00. The van der Waals surface area contributed by atoms with Gasteiger partial charge in [0.15, 0.2) is 0 Å². The van der Waals surface area contributed by atoms with Crippen molar-refractivity contribution >= 4 is 32.3 Å². The maximum Gasteiger partial charge on any atom is -0.000111 e. The van der Waals surface area contributed by atoms with Gasteiger partial charge in [0.1, 0.15) is 0 Å². The third-order valence-corrected chi connectivity index (χ3v) is 5.68. The van der Waals surface area contributed by atoms with Crippen LogP contribution in [0.1, 0.15) is 11.1 Å². The molecular weight excluding hydrogens is 300 g/mol. The highest BCUT2D eigenvalue weighted by atomic mass is 14.3. The number of fused-ring (bicyclic) bond motifs is 8. The third-order valence-electron chi connectivity index (χ3n) is 5.68. The van der Waals surface area contributed by atoms with E-state index < -0.39 is 0 Å². The summed E-state index contributed by atoms with van der Waals surface area (Å²) in [5.74, 6) is 0. The van der Waals surface area contributed by atoms with E-state index in [1.54, 1.807) is 0 Å². The second kappa shape index (κ2) is 4.70. The lowest BCUT2D eigenvalue weighted by Crippen LogP contribution is -1.86. The van der Waals surface area contributed by atoms with Crippen LogP contribution in [0.15, 0.2) is 84.9 Å². The Kier molecular flexibility index (Phi) is 2.48. The van der Waals surface area contributed by atoms with Crippen LogP contribution in [0.5, 0.6) is 0 Å². The standard InChI is InChI=1S/C25H16/c1-2-7-18-14-23-19(13-17(18)6-1)10-12-22-21-11-9-16-5-3-4-8-20(16)24(21)15-25(22)23/h1-14H,15H2. The van der Waals surface area contributed by atoms with Crippen LogP contribution in [0.25, 0.3) is 43.4 Å². The van der Waals surface area contributed by atoms with Gasteiger partial charge in [-0.05, 0) is 73.1 Å². The van der Waals surface area contributed by atoms with Crippen LogP contribution >= 0.6 is 0 Å². The Labute approximate surface area is 146 Å². The molecule has 5 aromatic carbocycles. The second-order valence-electron chi connectivity index (χ2n) is 7.00. The fourth-order valence-corrected chi connectivity index (χ4v) is 4.47. The fourth-order valence-electron chi connectivity index (χ4n) is 4.47. The monoisotopic (exact) mass is 316 g/mol. The molecule has 0 amide bonds. The Morgan fingerprint density at radius 3 is 1.84 bits per heavy atom. The molecule has 0 aliphatic heterocycles. The summed E-state index contributed by atoms with van der Waals surface area (Å²) in [7, 11) is 0. The van der Waals surface area contributed by atoms with Gasteiger partial charge in [-0.2, -0.15) is 0 Å². The average molecular weight is 316 g/mol. The molecule has 5 aromatic rings. The number of benzene rings is 5. The van der Waals surface area contributed by atoms with Crippen LogP contribution in [-0.2, 0) is 6.42 Å². The van der Waals surface area contributed by atoms with E-state index in [-0.39, 0.29) is 0 Å². The summed E-state index contributed by atoms with van der Waals surface area (Å²) in [5, 5.41) is 8.11. The molecule has 0 spiro atoms. The molecule has 0 nitrogen and oxygen atoms in total. The molecule has 0 N–H and O–H groups in total. The van der Waals surface area contributed by atoms with Gasteiger partial charge >= 0.3 is 0 Å². The largest absolute Gasteiger partial charge is 0.0616 e. The Balaban J connectivity index is 1.70. The lowest BCUT2D eigenvalue weighted by molar-refractivity contribution is 1.31. The van der Waals surface area contributed by atoms with Gasteiger partial charge in [0, 0.05) is 0 Å². The van der Waals surface area contributed by atoms with Crippen LogP contribution in [0, 0.1) is 0 Å². The van der Waals surface area contributed by atoms with E-state index in [2.05, 4.69) is 84.9 Å². The molecule has 116 valence electrons. The third kappa shape index (κ3) is 1.77. The minimum Gasteiger partial charge on any atom is -0.0616 e. The zero-order chi connectivity index (χ0) is 16.4. The van der Waals surface area contributed by atoms with Crippen LogP contribution < -0.4 is 0 Å². The molecule has 0 heterocycles. The smallest absolute Gasteiger partial charge is 0.000111 e. The highest BCUT2D eigenvalue weighted by Gasteiger charge is 2.22. The number of hydrogen-bond acceptors (Lipinski definition) is 0. The van der Waals surface area contributed by atoms with Crippen molar-refractivity contribution < 1.29 is 0 Å². The van der Waals surface area contributed by atoms with Gasteiger partial charge in [0.2, 0.25) is 0 Å². The zero-order valence-electron chi connectivity index (χ0n) is 13.8. The average Bonchev–Trinajstić information content (AvgIpc) is 3.06. The van der Waals surface area contributed by atoms with E-state index in [1.165, 1.54) is 54.6 Å². The summed E-state index contributed by atoms with van der Waals surface area (Å²) in [6, 6.07) is 31.3. The van der Waals surface area contributed by atoms with E-state index in [4.69, 9.17) is 0 Å². The summed E-state index contributed by atoms with van der Waals surface area (Å²) in [4.78, 5) is 0. The maximum absolute atomic E-state index is 2.37. The highest BCUT2D eigenvalue weighted by molar-refractivity contribution is 6.05. The lowest BCUT2D eigenvalue weighted by atomic mass is 9.96. The van der Waals surface area contributed by atoms with Crippen LogP contribution in [-0.4, -0.2) is 0 Å². The lowest BCUT2D eigenvalue weighted by Gasteiger charge is -2.08. The van der Waals surface area contributed by atoms with Gasteiger partial charge < -0.3 is 0 Å². The van der Waals surface area contributed by atoms with Crippen molar-refractivity contribution in [1.82, 2.24) is 0 Å². The van der Waals surface area contributed by atoms with Crippen LogP contribution in [0.3, 0.4) is 0 Å². The van der Waals surface area contributed by atoms with E-state index in [9.17, 15) is 0 Å². The molecule has 0 unspecified atom stereocenters. The first-order valence-corrected chi connectivity index (χ1v) is 8.84. The molecule has 0 atom stereocenters. The molecule has 0 bridgehead atoms. The number of hydrogen-bond donors (Lipinski definition) is 0. The predicted molar refractivity (Wildman–Crippen MR) is 107 cm³/mol. The van der Waals surface area contributed by atoms with Crippen molar-refractivity contribution in [2.24, 2.45) is 0 Å². The molecule has 25 heavy (non-hydrogen) atoms. The first-order chi connectivity index (χ1) is 12.4. The molecule has 1 aliphatic carbocycles. The molecule has 1 aliphatic rings. The van der Waals surface area contributed by atoms with Gasteiger partial charge in [0.25, 0.3) is 0 Å². The predicted octanol–water partition coefficient (Wildman–Crippen LogP) is 6.72. The molecular formula is C25H16. The Morgan fingerprint density at radius 2 is 1.04 bits per heavy atom. The molecule has 0 radical (unpaired) electrons. The summed E-state index contributed by atoms with van der Waals surface area (Å²) in [6.07, 6.45) is 1.03. The molecule has 0 aromatic heterocycles. The topological polar surface area (TPSA) is 0 Å². The highest BCUT2D eigenvalue weighted by Crippen LogP contribution is 2.43. The quantitative estimate of drug-likeness (QED) is 0.273. The summed E-state index contributed by atoms with van der Waals surface area (Å²) < 4.78 is 0. The zero-order valence-corrected chi connectivity index (χ0v) is 13.8. The normalized spacial score (nSPS) is 12.6. The van der Waals surface area contributed by atoms with Crippen molar-refractivity contribution in [2.45, 2.75) is 6.42 Å². The Morgan fingerprint density at radius 1 is 0.440 bits per heavy atom. The van der Waals surface area contributed by atoms with Crippen LogP contribution in [0.4, 0.5) is 0 Å². The summed E-state index contributed by atoms with van der Waals surface area (Å²) in [6.45, 7) is 0. The number of rotatable bonds is 0. The van der Waals surface area contributed by atoms with E-state index in [0.717, 1.165) is 6.42 Å². The van der Waals surface area contributed by atoms with Crippen molar-refractivity contribution in [2.75, 3.05) is 0 Å². The van der Waals surface area contributed by atoms with E-state index in [1.807, 2.05) is 0 Å². The molecule has 0 fully saturated rings. The molecule has 6 rings (SSSR count). The summed E-state index contributed by atoms with van der Waals surface area (Å²) >= 11 is 0. The molecule has 0 saturated heterocycles. The molecule has 0 saturated carbocycles. The van der Waals surface area contributed by atoms with Gasteiger partial charge in [-0.3, -0.25) is 0 Å². The SMILES string of the molecule is c1ccc2cc3c4c(ccc3cc2c1)-c1ccc2ccccc2c1C4. The first-order valence-electron chi connectivity index (χ1n) is 8.84. The van der Waals surface area contributed by atoms with Gasteiger partial charge in [-0.1, -0.05) is 72.8 Å².